The molecule has 0 spiro atoms. The number of hydrogen-bond acceptors (Lipinski definition) is 3. The van der Waals surface area contributed by atoms with Crippen LogP contribution in [-0.2, 0) is 12.8 Å². The van der Waals surface area contributed by atoms with Gasteiger partial charge in [-0.2, -0.15) is 0 Å². The van der Waals surface area contributed by atoms with E-state index in [9.17, 15) is 4.79 Å². The largest absolute Gasteiger partial charge is 0.478 e. The Bertz CT molecular complexity index is 502. The topological polar surface area (TPSA) is 89.9 Å². The lowest BCUT2D eigenvalue weighted by Gasteiger charge is -2.09. The summed E-state index contributed by atoms with van der Waals surface area (Å²) in [6.45, 7) is 0. The first-order valence-corrected chi connectivity index (χ1v) is 4.71. The van der Waals surface area contributed by atoms with Crippen molar-refractivity contribution in [1.82, 2.24) is 4.57 Å². The van der Waals surface area contributed by atoms with E-state index in [1.165, 1.54) is 4.57 Å². The number of rotatable bonds is 2. The number of carbonyl (C=O) groups is 1. The van der Waals surface area contributed by atoms with Gasteiger partial charge in [-0.05, 0) is 30.9 Å². The van der Waals surface area contributed by atoms with Crippen LogP contribution in [0.1, 0.15) is 28.0 Å². The Hall–Kier alpha value is -1.91. The Labute approximate surface area is 86.0 Å². The molecule has 3 N–H and O–H groups in total. The summed E-state index contributed by atoms with van der Waals surface area (Å²) in [5.74, 6) is -1.11. The van der Waals surface area contributed by atoms with Crippen molar-refractivity contribution in [2.24, 2.45) is 0 Å². The van der Waals surface area contributed by atoms with Gasteiger partial charge < -0.3 is 5.11 Å². The molecule has 1 aliphatic rings. The minimum Gasteiger partial charge on any atom is -0.478 e. The van der Waals surface area contributed by atoms with E-state index >= 15 is 0 Å². The van der Waals surface area contributed by atoms with Crippen molar-refractivity contribution in [2.45, 2.75) is 19.3 Å². The average molecular weight is 205 g/mol. The van der Waals surface area contributed by atoms with Crippen LogP contribution in [-0.4, -0.2) is 22.0 Å². The molecule has 2 rings (SSSR count). The fourth-order valence-electron chi connectivity index (χ4n) is 1.99. The zero-order valence-corrected chi connectivity index (χ0v) is 8.08. The van der Waals surface area contributed by atoms with Crippen LogP contribution in [0.2, 0.25) is 0 Å². The van der Waals surface area contributed by atoms with Crippen LogP contribution in [0.25, 0.3) is 0 Å². The monoisotopic (exact) mass is 205 g/mol. The van der Waals surface area contributed by atoms with E-state index < -0.39 is 5.97 Å². The molecule has 0 aliphatic heterocycles. The van der Waals surface area contributed by atoms with Crippen molar-refractivity contribution in [3.8, 4) is 0 Å². The van der Waals surface area contributed by atoms with Gasteiger partial charge >= 0.3 is 5.97 Å². The van der Waals surface area contributed by atoms with E-state index in [2.05, 4.69) is 0 Å². The third-order valence-electron chi connectivity index (χ3n) is 2.70. The van der Waals surface area contributed by atoms with Crippen molar-refractivity contribution in [1.29, 1.82) is 10.8 Å². The molecule has 15 heavy (non-hydrogen) atoms. The van der Waals surface area contributed by atoms with E-state index in [1.54, 1.807) is 6.07 Å². The Balaban J connectivity index is 2.78. The molecule has 0 fully saturated rings. The molecule has 0 bridgehead atoms. The molecule has 0 unspecified atom stereocenters. The van der Waals surface area contributed by atoms with E-state index in [4.69, 9.17) is 15.9 Å². The number of nitrogens with one attached hydrogen (secondary N) is 2. The summed E-state index contributed by atoms with van der Waals surface area (Å²) >= 11 is 0. The normalized spacial score (nSPS) is 13.6. The summed E-state index contributed by atoms with van der Waals surface area (Å²) in [6, 6.07) is 1.56. The zero-order valence-electron chi connectivity index (χ0n) is 8.08. The number of aromatic nitrogens is 1. The van der Waals surface area contributed by atoms with Gasteiger partial charge in [0, 0.05) is 5.69 Å². The molecule has 0 atom stereocenters. The number of nitrogens with zero attached hydrogens (tertiary/aromatic N) is 1. The molecule has 1 aliphatic carbocycles. The first-order valence-electron chi connectivity index (χ1n) is 4.71. The number of hydrogen-bond donors (Lipinski definition) is 3. The highest BCUT2D eigenvalue weighted by Crippen LogP contribution is 2.20. The van der Waals surface area contributed by atoms with Crippen molar-refractivity contribution >= 4 is 12.3 Å². The fourth-order valence-corrected chi connectivity index (χ4v) is 1.99. The van der Waals surface area contributed by atoms with Crippen LogP contribution in [0.4, 0.5) is 0 Å². The van der Waals surface area contributed by atoms with Gasteiger partial charge in [-0.25, -0.2) is 4.79 Å². The summed E-state index contributed by atoms with van der Waals surface area (Å²) in [5.41, 5.74) is 1.71. The van der Waals surface area contributed by atoms with Crippen molar-refractivity contribution in [3.05, 3.63) is 28.4 Å². The van der Waals surface area contributed by atoms with Gasteiger partial charge in [0.25, 0.3) is 0 Å². The minimum absolute atomic E-state index is 0.0286. The molecule has 0 saturated heterocycles. The highest BCUT2D eigenvalue weighted by molar-refractivity contribution is 5.87. The Kier molecular flexibility index (Phi) is 2.15. The molecule has 0 aromatic carbocycles. The van der Waals surface area contributed by atoms with E-state index in [0.29, 0.717) is 0 Å². The average Bonchev–Trinajstić information content (AvgIpc) is 2.64. The van der Waals surface area contributed by atoms with E-state index in [0.717, 1.165) is 36.9 Å². The van der Waals surface area contributed by atoms with Crippen LogP contribution in [0.5, 0.6) is 0 Å². The highest BCUT2D eigenvalue weighted by Gasteiger charge is 2.19. The summed E-state index contributed by atoms with van der Waals surface area (Å²) in [7, 11) is 0. The van der Waals surface area contributed by atoms with Crippen LogP contribution >= 0.6 is 0 Å². The van der Waals surface area contributed by atoms with Crippen LogP contribution in [0.15, 0.2) is 6.07 Å². The summed E-state index contributed by atoms with van der Waals surface area (Å²) < 4.78 is 1.35. The second-order valence-electron chi connectivity index (χ2n) is 3.54. The number of aryl methyl sites for hydroxylation is 1. The number of carboxylic acid groups (broad SMARTS) is 1. The highest BCUT2D eigenvalue weighted by atomic mass is 16.4. The van der Waals surface area contributed by atoms with Gasteiger partial charge in [-0.1, -0.05) is 0 Å². The van der Waals surface area contributed by atoms with Gasteiger partial charge in [0.05, 0.1) is 6.34 Å². The van der Waals surface area contributed by atoms with Gasteiger partial charge in [0.1, 0.15) is 11.1 Å². The first kappa shape index (κ1) is 9.64. The lowest BCUT2D eigenvalue weighted by Crippen LogP contribution is -2.29. The second-order valence-corrected chi connectivity index (χ2v) is 3.54. The maximum Gasteiger partial charge on any atom is 0.339 e. The van der Waals surface area contributed by atoms with Crippen LogP contribution in [0.3, 0.4) is 0 Å². The standard InChI is InChI=1S/C10H11N3O2/c11-5-13-8-3-1-2-6(8)4-7(9(13)12)10(14)15/h4-5,11-12H,1-3H2,(H,14,15). The number of fused-ring (bicyclic) bond motifs is 1. The SMILES string of the molecule is N=Cn1c2c(cc(C(=O)O)c1=N)CCC2. The number of carboxylic acids is 1. The molecule has 0 radical (unpaired) electrons. The second kappa shape index (κ2) is 3.34. The Morgan fingerprint density at radius 1 is 1.53 bits per heavy atom. The van der Waals surface area contributed by atoms with Gasteiger partial charge in [-0.15, -0.1) is 0 Å². The molecule has 0 amide bonds. The summed E-state index contributed by atoms with van der Waals surface area (Å²) in [6.07, 6.45) is 3.63. The molecule has 1 aromatic rings. The van der Waals surface area contributed by atoms with Crippen LogP contribution < -0.4 is 5.49 Å². The van der Waals surface area contributed by atoms with Gasteiger partial charge in [0.2, 0.25) is 0 Å². The van der Waals surface area contributed by atoms with E-state index in [-0.39, 0.29) is 11.1 Å². The smallest absolute Gasteiger partial charge is 0.339 e. The minimum atomic E-state index is -1.11. The van der Waals surface area contributed by atoms with Crippen molar-refractivity contribution < 1.29 is 9.90 Å². The number of aromatic carboxylic acids is 1. The molecular weight excluding hydrogens is 194 g/mol. The predicted octanol–water partition coefficient (Wildman–Crippen LogP) is 0.610. The molecule has 5 nitrogen and oxygen atoms in total. The molecule has 1 heterocycles. The summed E-state index contributed by atoms with van der Waals surface area (Å²) in [5, 5.41) is 23.8. The molecule has 5 heteroatoms. The van der Waals surface area contributed by atoms with Crippen molar-refractivity contribution in [3.63, 3.8) is 0 Å². The Morgan fingerprint density at radius 2 is 2.27 bits per heavy atom. The van der Waals surface area contributed by atoms with E-state index in [1.807, 2.05) is 0 Å². The third kappa shape index (κ3) is 1.36. The number of pyridine rings is 1. The Morgan fingerprint density at radius 3 is 2.87 bits per heavy atom. The first-order chi connectivity index (χ1) is 7.15. The summed E-state index contributed by atoms with van der Waals surface area (Å²) in [4.78, 5) is 10.9. The fraction of sp³-hybridized carbons (Fsp3) is 0.300. The van der Waals surface area contributed by atoms with Crippen molar-refractivity contribution in [2.75, 3.05) is 0 Å². The molecule has 0 saturated carbocycles. The quantitative estimate of drug-likeness (QED) is 0.487. The lowest BCUT2D eigenvalue weighted by atomic mass is 10.1. The zero-order chi connectivity index (χ0) is 11.0. The molecule has 78 valence electrons. The lowest BCUT2D eigenvalue weighted by molar-refractivity contribution is 0.0694. The van der Waals surface area contributed by atoms with Gasteiger partial charge in [0.15, 0.2) is 0 Å². The third-order valence-corrected chi connectivity index (χ3v) is 2.70. The predicted molar refractivity (Wildman–Crippen MR) is 53.5 cm³/mol. The molecular formula is C10H11N3O2. The maximum atomic E-state index is 10.9. The maximum absolute atomic E-state index is 10.9. The van der Waals surface area contributed by atoms with Crippen LogP contribution in [0, 0.1) is 10.8 Å². The molecule has 1 aromatic heterocycles. The van der Waals surface area contributed by atoms with Gasteiger partial charge in [-0.3, -0.25) is 15.4 Å².